The van der Waals surface area contributed by atoms with Crippen molar-refractivity contribution >= 4 is 5.95 Å². The average molecular weight is 277 g/mol. The molecule has 4 nitrogen and oxygen atoms in total. The Morgan fingerprint density at radius 2 is 2.05 bits per heavy atom. The van der Waals surface area contributed by atoms with Gasteiger partial charge >= 0.3 is 0 Å². The fourth-order valence-electron chi connectivity index (χ4n) is 2.83. The van der Waals surface area contributed by atoms with Crippen LogP contribution in [0.4, 0.5) is 5.95 Å². The van der Waals surface area contributed by atoms with Gasteiger partial charge in [-0.1, -0.05) is 26.7 Å². The van der Waals surface area contributed by atoms with Crippen molar-refractivity contribution in [1.29, 1.82) is 0 Å². The minimum atomic E-state index is 0.0154. The van der Waals surface area contributed by atoms with Crippen LogP contribution in [0.5, 0.6) is 0 Å². The third-order valence-electron chi connectivity index (χ3n) is 4.21. The van der Waals surface area contributed by atoms with Crippen LogP contribution in [0.25, 0.3) is 0 Å². The number of anilines is 1. The molecule has 1 aromatic heterocycles. The van der Waals surface area contributed by atoms with E-state index in [1.807, 2.05) is 6.92 Å². The van der Waals surface area contributed by atoms with Crippen LogP contribution >= 0.6 is 0 Å². The summed E-state index contributed by atoms with van der Waals surface area (Å²) in [6.45, 7) is 7.51. The Morgan fingerprint density at radius 3 is 2.60 bits per heavy atom. The first-order valence-corrected chi connectivity index (χ1v) is 7.81. The minimum Gasteiger partial charge on any atom is -0.392 e. The Hall–Kier alpha value is -1.16. The summed E-state index contributed by atoms with van der Waals surface area (Å²) in [6, 6.07) is 0.591. The van der Waals surface area contributed by atoms with Crippen molar-refractivity contribution in [3.05, 3.63) is 17.5 Å². The lowest BCUT2D eigenvalue weighted by atomic mass is 10.1. The molecule has 0 amide bonds. The molecule has 1 fully saturated rings. The zero-order valence-corrected chi connectivity index (χ0v) is 13.0. The van der Waals surface area contributed by atoms with Gasteiger partial charge in [-0.25, -0.2) is 9.97 Å². The molecule has 1 N–H and O–H groups in total. The predicted octanol–water partition coefficient (Wildman–Crippen LogP) is 3.07. The Kier molecular flexibility index (Phi) is 5.35. The lowest BCUT2D eigenvalue weighted by Gasteiger charge is -2.30. The van der Waals surface area contributed by atoms with Crippen molar-refractivity contribution in [3.8, 4) is 0 Å². The molecule has 1 heterocycles. The molecule has 2 rings (SSSR count). The first-order chi connectivity index (χ1) is 9.61. The van der Waals surface area contributed by atoms with Crippen molar-refractivity contribution in [2.75, 3.05) is 11.4 Å². The maximum Gasteiger partial charge on any atom is 0.225 e. The second-order valence-electron chi connectivity index (χ2n) is 6.25. The normalized spacial score (nSPS) is 16.1. The molecule has 0 radical (unpaired) electrons. The average Bonchev–Trinajstić information content (AvgIpc) is 2.93. The molecule has 1 saturated carbocycles. The Bertz CT molecular complexity index is 428. The number of hydrogen-bond donors (Lipinski definition) is 1. The third-order valence-corrected chi connectivity index (χ3v) is 4.21. The van der Waals surface area contributed by atoms with E-state index < -0.39 is 0 Å². The zero-order chi connectivity index (χ0) is 14.5. The Labute approximate surface area is 122 Å². The number of aryl methyl sites for hydroxylation is 1. The van der Waals surface area contributed by atoms with Crippen molar-refractivity contribution < 1.29 is 5.11 Å². The highest BCUT2D eigenvalue weighted by molar-refractivity contribution is 5.34. The molecule has 1 aliphatic carbocycles. The minimum absolute atomic E-state index is 0.0154. The molecule has 1 aliphatic rings. The van der Waals surface area contributed by atoms with Crippen molar-refractivity contribution in [2.45, 2.75) is 65.5 Å². The van der Waals surface area contributed by atoms with Gasteiger partial charge in [-0.2, -0.15) is 0 Å². The molecule has 112 valence electrons. The summed E-state index contributed by atoms with van der Waals surface area (Å²) in [4.78, 5) is 11.5. The molecule has 0 bridgehead atoms. The van der Waals surface area contributed by atoms with Crippen LogP contribution < -0.4 is 4.90 Å². The number of rotatable bonds is 6. The highest BCUT2D eigenvalue weighted by Crippen LogP contribution is 2.27. The summed E-state index contributed by atoms with van der Waals surface area (Å²) < 4.78 is 0. The topological polar surface area (TPSA) is 49.2 Å². The second-order valence-corrected chi connectivity index (χ2v) is 6.25. The van der Waals surface area contributed by atoms with Gasteiger partial charge < -0.3 is 10.0 Å². The molecule has 0 unspecified atom stereocenters. The van der Waals surface area contributed by atoms with E-state index in [0.29, 0.717) is 12.0 Å². The van der Waals surface area contributed by atoms with E-state index in [2.05, 4.69) is 28.7 Å². The molecule has 0 spiro atoms. The number of aliphatic hydroxyl groups is 1. The van der Waals surface area contributed by atoms with Gasteiger partial charge in [-0.05, 0) is 32.1 Å². The van der Waals surface area contributed by atoms with E-state index in [0.717, 1.165) is 23.8 Å². The van der Waals surface area contributed by atoms with E-state index in [-0.39, 0.29) is 6.61 Å². The van der Waals surface area contributed by atoms with Gasteiger partial charge in [0.25, 0.3) is 0 Å². The first kappa shape index (κ1) is 15.2. The highest BCUT2D eigenvalue weighted by Gasteiger charge is 2.24. The number of hydrogen-bond acceptors (Lipinski definition) is 4. The van der Waals surface area contributed by atoms with Gasteiger partial charge in [0.05, 0.1) is 6.61 Å². The monoisotopic (exact) mass is 277 g/mol. The van der Waals surface area contributed by atoms with E-state index in [1.54, 1.807) is 6.20 Å². The van der Waals surface area contributed by atoms with Crippen LogP contribution in [0.15, 0.2) is 6.20 Å². The van der Waals surface area contributed by atoms with E-state index >= 15 is 0 Å². The van der Waals surface area contributed by atoms with Crippen LogP contribution in [-0.2, 0) is 6.61 Å². The van der Waals surface area contributed by atoms with Crippen LogP contribution in [0.3, 0.4) is 0 Å². The van der Waals surface area contributed by atoms with E-state index in [4.69, 9.17) is 0 Å². The van der Waals surface area contributed by atoms with Gasteiger partial charge in [0, 0.05) is 30.0 Å². The molecule has 20 heavy (non-hydrogen) atoms. The molecule has 0 atom stereocenters. The van der Waals surface area contributed by atoms with Crippen LogP contribution in [0, 0.1) is 12.8 Å². The van der Waals surface area contributed by atoms with E-state index in [9.17, 15) is 5.11 Å². The quantitative estimate of drug-likeness (QED) is 0.868. The molecule has 4 heteroatoms. The zero-order valence-electron chi connectivity index (χ0n) is 13.0. The third kappa shape index (κ3) is 3.69. The molecule has 0 aliphatic heterocycles. The lowest BCUT2D eigenvalue weighted by Crippen LogP contribution is -2.36. The fourth-order valence-corrected chi connectivity index (χ4v) is 2.83. The largest absolute Gasteiger partial charge is 0.392 e. The van der Waals surface area contributed by atoms with Crippen LogP contribution in [0.1, 0.15) is 57.2 Å². The number of aromatic nitrogens is 2. The highest BCUT2D eigenvalue weighted by atomic mass is 16.3. The number of nitrogens with zero attached hydrogens (tertiary/aromatic N) is 3. The lowest BCUT2D eigenvalue weighted by molar-refractivity contribution is 0.280. The van der Waals surface area contributed by atoms with Gasteiger partial charge in [0.15, 0.2) is 0 Å². The maximum absolute atomic E-state index is 9.24. The summed E-state index contributed by atoms with van der Waals surface area (Å²) >= 11 is 0. The SMILES string of the molecule is Cc1nc(N(CCC(C)C)C2CCCC2)ncc1CO. The fraction of sp³-hybridized carbons (Fsp3) is 0.750. The van der Waals surface area contributed by atoms with Gasteiger partial charge in [0.1, 0.15) is 0 Å². The summed E-state index contributed by atoms with van der Waals surface area (Å²) in [7, 11) is 0. The summed E-state index contributed by atoms with van der Waals surface area (Å²) in [5, 5.41) is 9.24. The molecular weight excluding hydrogens is 250 g/mol. The predicted molar refractivity (Wildman–Crippen MR) is 81.7 cm³/mol. The molecule has 1 aromatic rings. The Morgan fingerprint density at radius 1 is 1.35 bits per heavy atom. The number of aliphatic hydroxyl groups excluding tert-OH is 1. The van der Waals surface area contributed by atoms with Gasteiger partial charge in [0.2, 0.25) is 5.95 Å². The second kappa shape index (κ2) is 7.02. The van der Waals surface area contributed by atoms with Crippen LogP contribution in [0.2, 0.25) is 0 Å². The summed E-state index contributed by atoms with van der Waals surface area (Å²) in [5.74, 6) is 1.53. The molecule has 0 saturated heterocycles. The van der Waals surface area contributed by atoms with Crippen molar-refractivity contribution in [3.63, 3.8) is 0 Å². The first-order valence-electron chi connectivity index (χ1n) is 7.81. The molecular formula is C16H27N3O. The summed E-state index contributed by atoms with van der Waals surface area (Å²) in [6.07, 6.45) is 8.08. The molecule has 0 aromatic carbocycles. The van der Waals surface area contributed by atoms with Gasteiger partial charge in [-0.15, -0.1) is 0 Å². The smallest absolute Gasteiger partial charge is 0.225 e. The van der Waals surface area contributed by atoms with Crippen molar-refractivity contribution in [2.24, 2.45) is 5.92 Å². The maximum atomic E-state index is 9.24. The van der Waals surface area contributed by atoms with E-state index in [1.165, 1.54) is 32.1 Å². The summed E-state index contributed by atoms with van der Waals surface area (Å²) in [5.41, 5.74) is 1.72. The van der Waals surface area contributed by atoms with Crippen LogP contribution in [-0.4, -0.2) is 27.7 Å². The Balaban J connectivity index is 2.18. The van der Waals surface area contributed by atoms with Gasteiger partial charge in [-0.3, -0.25) is 0 Å². The standard InChI is InChI=1S/C16H27N3O/c1-12(2)8-9-19(15-6-4-5-7-15)16-17-10-14(11-20)13(3)18-16/h10,12,15,20H,4-9,11H2,1-3H3. The van der Waals surface area contributed by atoms with Crippen molar-refractivity contribution in [1.82, 2.24) is 9.97 Å².